The van der Waals surface area contributed by atoms with Crippen molar-refractivity contribution in [1.29, 1.82) is 0 Å². The normalized spacial score (nSPS) is 13.4. The maximum atomic E-state index is 13.6. The van der Waals surface area contributed by atoms with Gasteiger partial charge in [0.25, 0.3) is 5.56 Å². The first-order valence-electron chi connectivity index (χ1n) is 11.8. The van der Waals surface area contributed by atoms with Crippen LogP contribution in [-0.2, 0) is 5.28 Å². The van der Waals surface area contributed by atoms with Crippen LogP contribution in [0.1, 0.15) is 5.82 Å². The van der Waals surface area contributed by atoms with Gasteiger partial charge in [0, 0.05) is 35.6 Å². The van der Waals surface area contributed by atoms with E-state index < -0.39 is 13.2 Å². The van der Waals surface area contributed by atoms with Crippen LogP contribution in [-0.4, -0.2) is 53.2 Å². The molecule has 1 aliphatic rings. The summed E-state index contributed by atoms with van der Waals surface area (Å²) >= 11 is 4.67. The molecule has 0 aliphatic carbocycles. The third kappa shape index (κ3) is 3.76. The molecular weight excluding hydrogens is 537 g/mol. The van der Waals surface area contributed by atoms with Gasteiger partial charge in [0.15, 0.2) is 0 Å². The van der Waals surface area contributed by atoms with Gasteiger partial charge in [-0.25, -0.2) is 29.6 Å². The predicted molar refractivity (Wildman–Crippen MR) is 152 cm³/mol. The lowest BCUT2D eigenvalue weighted by atomic mass is 10.1. The molecule has 1 aliphatic heterocycles. The Balaban J connectivity index is 1.31. The zero-order valence-electron chi connectivity index (χ0n) is 19.8. The van der Waals surface area contributed by atoms with Crippen molar-refractivity contribution in [2.45, 2.75) is 5.28 Å². The Kier molecular flexibility index (Phi) is 5.63. The maximum Gasteiger partial charge on any atom is 0.511 e. The number of rotatable bonds is 5. The largest absolute Gasteiger partial charge is 0.511 e. The third-order valence-corrected chi connectivity index (χ3v) is 12.7. The predicted octanol–water partition coefficient (Wildman–Crippen LogP) is 3.83. The van der Waals surface area contributed by atoms with Crippen LogP contribution in [0, 0.1) is 0 Å². The van der Waals surface area contributed by atoms with Gasteiger partial charge in [0.2, 0.25) is 0 Å². The van der Waals surface area contributed by atoms with Crippen LogP contribution in [0.4, 0.5) is 11.6 Å². The molecule has 0 amide bonds. The van der Waals surface area contributed by atoms with Gasteiger partial charge in [-0.15, -0.1) is 0 Å². The number of halogens is 1. The average Bonchev–Trinajstić information content (AvgIpc) is 3.52. The number of hydrogen-bond acceptors (Lipinski definition) is 8. The molecule has 0 atom stereocenters. The van der Waals surface area contributed by atoms with Crippen molar-refractivity contribution in [2.75, 3.05) is 15.5 Å². The first-order valence-corrected chi connectivity index (χ1v) is 16.0. The molecule has 6 aromatic rings. The standard InChI is InChI=1S/C13H9ClN3O.C12H11N6S.Al/c1-9-15-16-8-7-11(14)12(16)13(18)17(9)10-5-3-2-4-6-10;13-9-2-1-7(3-14-9)8-4-15-11-10(8)12(18-6-19)17-5-16-11;/h2-8H,1H2;1-5H,6H2,(H4-,13,14,15,16,17,18,19);/q;-1;+2/p-1. The summed E-state index contributed by atoms with van der Waals surface area (Å²) in [6.45, 7) is 0. The summed E-state index contributed by atoms with van der Waals surface area (Å²) in [7, 11) is 1.91. The highest BCUT2D eigenvalue weighted by atomic mass is 35.5. The van der Waals surface area contributed by atoms with Gasteiger partial charge in [-0.05, 0) is 35.6 Å². The highest BCUT2D eigenvalue weighted by molar-refractivity contribution is 8.28. The summed E-state index contributed by atoms with van der Waals surface area (Å²) in [4.78, 5) is 30.3. The Morgan fingerprint density at radius 1 is 1.11 bits per heavy atom. The van der Waals surface area contributed by atoms with Crippen molar-refractivity contribution >= 4 is 63.2 Å². The second kappa shape index (κ2) is 9.18. The fourth-order valence-corrected chi connectivity index (χ4v) is 9.65. The molecule has 186 valence electrons. The van der Waals surface area contributed by atoms with Gasteiger partial charge in [-0.3, -0.25) is 9.36 Å². The van der Waals surface area contributed by atoms with E-state index in [0.717, 1.165) is 39.5 Å². The summed E-state index contributed by atoms with van der Waals surface area (Å²) in [5.74, 6) is 2.84. The average molecular weight is 556 g/mol. The zero-order chi connectivity index (χ0) is 25.8. The molecule has 5 aromatic heterocycles. The number of benzene rings is 1. The molecular formula is C25H19AlClN9OS. The number of pyridine rings is 1. The summed E-state index contributed by atoms with van der Waals surface area (Å²) in [5, 5.41) is 6.82. The number of nitrogen functional groups attached to an aromatic ring is 1. The first-order chi connectivity index (χ1) is 18.6. The summed E-state index contributed by atoms with van der Waals surface area (Å²) < 4.78 is 5.62. The summed E-state index contributed by atoms with van der Waals surface area (Å²) in [5.41, 5.74) is 9.41. The van der Waals surface area contributed by atoms with Crippen molar-refractivity contribution in [3.05, 3.63) is 94.6 Å². The number of hydrogen-bond donors (Lipinski definition) is 2. The molecule has 7 rings (SSSR count). The number of nitrogens with two attached hydrogens (primary N) is 1. The molecule has 1 aromatic carbocycles. The van der Waals surface area contributed by atoms with Gasteiger partial charge < -0.3 is 14.6 Å². The fourth-order valence-electron chi connectivity index (χ4n) is 4.78. The highest BCUT2D eigenvalue weighted by Crippen LogP contribution is 2.39. The van der Waals surface area contributed by atoms with Crippen molar-refractivity contribution < 1.29 is 0 Å². The summed E-state index contributed by atoms with van der Waals surface area (Å²) in [6.07, 6.45) is 7.00. The lowest BCUT2D eigenvalue weighted by molar-refractivity contribution is 0.764. The smallest absolute Gasteiger partial charge is 0.431 e. The monoisotopic (exact) mass is 555 g/mol. The van der Waals surface area contributed by atoms with Crippen LogP contribution >= 0.6 is 21.7 Å². The second-order valence-electron chi connectivity index (χ2n) is 8.87. The minimum Gasteiger partial charge on any atom is -0.431 e. The Labute approximate surface area is 228 Å². The molecule has 1 fully saturated rings. The van der Waals surface area contributed by atoms with Crippen molar-refractivity contribution in [3.63, 3.8) is 0 Å². The highest BCUT2D eigenvalue weighted by Gasteiger charge is 2.41. The topological polar surface area (TPSA) is 123 Å². The Hall–Kier alpha value is -3.82. The molecule has 3 N–H and O–H groups in total. The SMILES string of the molecule is Nc1ccc(-c2c[nH]c3ncnc([N]4C[S][Al]4[CH2]c4nn5ccc(Cl)c5c(=O)n4-c4ccccc4)c23)cn1. The van der Waals surface area contributed by atoms with Crippen LogP contribution < -0.4 is 15.2 Å². The zero-order valence-corrected chi connectivity index (χ0v) is 22.5. The lowest BCUT2D eigenvalue weighted by Gasteiger charge is -2.39. The molecule has 10 nitrogen and oxygen atoms in total. The van der Waals surface area contributed by atoms with Crippen molar-refractivity contribution in [2.24, 2.45) is 0 Å². The van der Waals surface area contributed by atoms with Gasteiger partial charge in [0.1, 0.15) is 35.0 Å². The number of H-pyrrole nitrogens is 1. The van der Waals surface area contributed by atoms with E-state index in [1.54, 1.807) is 39.9 Å². The van der Waals surface area contributed by atoms with E-state index in [1.807, 2.05) is 52.7 Å². The minimum atomic E-state index is -1.68. The quantitative estimate of drug-likeness (QED) is 0.308. The minimum absolute atomic E-state index is 0.186. The number of anilines is 2. The number of nitrogens with zero attached hydrogens (tertiary/aromatic N) is 7. The second-order valence-corrected chi connectivity index (χ2v) is 14.4. The number of aromatic amines is 1. The first kappa shape index (κ1) is 23.3. The molecule has 0 saturated carbocycles. The maximum absolute atomic E-state index is 13.6. The van der Waals surface area contributed by atoms with E-state index >= 15 is 0 Å². The molecule has 0 bridgehead atoms. The van der Waals surface area contributed by atoms with Crippen LogP contribution in [0.25, 0.3) is 33.4 Å². The van der Waals surface area contributed by atoms with Crippen LogP contribution in [0.3, 0.4) is 0 Å². The van der Waals surface area contributed by atoms with Crippen molar-refractivity contribution in [3.8, 4) is 16.8 Å². The summed E-state index contributed by atoms with van der Waals surface area (Å²) in [6, 6.07) is 15.0. The van der Waals surface area contributed by atoms with E-state index in [9.17, 15) is 4.79 Å². The molecule has 0 radical (unpaired) electrons. The van der Waals surface area contributed by atoms with Gasteiger partial charge in [-0.1, -0.05) is 29.8 Å². The van der Waals surface area contributed by atoms with E-state index in [4.69, 9.17) is 27.4 Å². The van der Waals surface area contributed by atoms with Crippen molar-refractivity contribution in [1.82, 2.24) is 34.1 Å². The Bertz CT molecular complexity index is 1870. The van der Waals surface area contributed by atoms with E-state index in [-0.39, 0.29) is 5.56 Å². The number of para-hydroxylation sites is 1. The molecule has 0 unspecified atom stereocenters. The lowest BCUT2D eigenvalue weighted by Crippen LogP contribution is -2.50. The number of fused-ring (bicyclic) bond motifs is 2. The molecule has 0 spiro atoms. The Morgan fingerprint density at radius 2 is 1.97 bits per heavy atom. The molecule has 13 heteroatoms. The van der Waals surface area contributed by atoms with E-state index in [2.05, 4.69) is 18.8 Å². The third-order valence-electron chi connectivity index (χ3n) is 6.65. The number of nitrogens with one attached hydrogen (secondary N) is 1. The molecule has 1 saturated heterocycles. The molecule has 38 heavy (non-hydrogen) atoms. The van der Waals surface area contributed by atoms with Gasteiger partial charge >= 0.3 is 13.2 Å². The number of aromatic nitrogens is 7. The Morgan fingerprint density at radius 3 is 2.74 bits per heavy atom. The van der Waals surface area contributed by atoms with Crippen LogP contribution in [0.15, 0.2) is 78.2 Å². The molecule has 6 heterocycles. The van der Waals surface area contributed by atoms with E-state index in [1.165, 1.54) is 0 Å². The van der Waals surface area contributed by atoms with Crippen LogP contribution in [0.5, 0.6) is 0 Å². The van der Waals surface area contributed by atoms with Gasteiger partial charge in [-0.2, -0.15) is 5.10 Å². The van der Waals surface area contributed by atoms with E-state index in [0.29, 0.717) is 27.5 Å². The fraction of sp³-hybridized carbons (Fsp3) is 0.0800. The van der Waals surface area contributed by atoms with Gasteiger partial charge in [0.05, 0.1) is 16.1 Å². The van der Waals surface area contributed by atoms with Crippen LogP contribution in [0.2, 0.25) is 5.02 Å².